The third-order valence-corrected chi connectivity index (χ3v) is 6.97. The molecule has 168 valence electrons. The van der Waals surface area contributed by atoms with Gasteiger partial charge in [0.2, 0.25) is 0 Å². The Kier molecular flexibility index (Phi) is 10.4. The van der Waals surface area contributed by atoms with Gasteiger partial charge in [0.15, 0.2) is 5.78 Å². The molecule has 2 rings (SSSR count). The van der Waals surface area contributed by atoms with Crippen LogP contribution < -0.4 is 10.6 Å². The van der Waals surface area contributed by atoms with Crippen LogP contribution in [0.25, 0.3) is 0 Å². The minimum absolute atomic E-state index is 0.0329. The minimum atomic E-state index is -3.34. The summed E-state index contributed by atoms with van der Waals surface area (Å²) in [5.74, 6) is -0.241. The summed E-state index contributed by atoms with van der Waals surface area (Å²) < 4.78 is 24.1. The third-order valence-electron chi connectivity index (χ3n) is 4.36. The van der Waals surface area contributed by atoms with E-state index in [0.29, 0.717) is 12.1 Å². The molecular weight excluding hydrogens is 483 g/mol. The van der Waals surface area contributed by atoms with Gasteiger partial charge in [-0.15, -0.1) is 0 Å². The number of benzene rings is 2. The first-order valence-corrected chi connectivity index (χ1v) is 12.6. The molecule has 0 bridgehead atoms. The number of Topliss-reactive ketones (excluding diaryl/α,β-unsaturated/α-hetero) is 1. The maximum Gasteiger partial charge on any atom is 0.331 e. The van der Waals surface area contributed by atoms with E-state index in [1.165, 1.54) is 0 Å². The molecule has 0 aromatic heterocycles. The van der Waals surface area contributed by atoms with Crippen LogP contribution in [0.15, 0.2) is 59.1 Å². The average molecular weight is 511 g/mol. The van der Waals surface area contributed by atoms with Crippen molar-refractivity contribution < 1.29 is 23.2 Å². The molecule has 0 aliphatic heterocycles. The van der Waals surface area contributed by atoms with Gasteiger partial charge in [0.05, 0.1) is 25.4 Å². The molecule has 0 radical (unpaired) electrons. The topological polar surface area (TPSA) is 93.7 Å². The van der Waals surface area contributed by atoms with E-state index in [1.807, 2.05) is 30.3 Å². The molecule has 31 heavy (non-hydrogen) atoms. The van der Waals surface area contributed by atoms with Gasteiger partial charge in [-0.05, 0) is 50.1 Å². The first-order chi connectivity index (χ1) is 14.8. The lowest BCUT2D eigenvalue weighted by Gasteiger charge is -2.20. The lowest BCUT2D eigenvalue weighted by Crippen LogP contribution is -2.44. The Morgan fingerprint density at radius 1 is 1.00 bits per heavy atom. The third kappa shape index (κ3) is 8.95. The monoisotopic (exact) mass is 510 g/mol. The number of rotatable bonds is 12. The molecule has 0 spiro atoms. The maximum absolute atomic E-state index is 13.0. The molecule has 7 nitrogen and oxygen atoms in total. The van der Waals surface area contributed by atoms with E-state index in [4.69, 9.17) is 9.05 Å². The Hall–Kier alpha value is -1.99. The Labute approximate surface area is 191 Å². The van der Waals surface area contributed by atoms with Crippen LogP contribution in [0.2, 0.25) is 0 Å². The van der Waals surface area contributed by atoms with Crippen molar-refractivity contribution in [2.75, 3.05) is 24.7 Å². The van der Waals surface area contributed by atoms with Gasteiger partial charge in [-0.25, -0.2) is 4.79 Å². The second-order valence-electron chi connectivity index (χ2n) is 6.73. The van der Waals surface area contributed by atoms with Crippen LogP contribution in [0, 0.1) is 0 Å². The van der Waals surface area contributed by atoms with Crippen molar-refractivity contribution in [1.29, 1.82) is 0 Å². The number of halogens is 1. The van der Waals surface area contributed by atoms with Gasteiger partial charge in [0.1, 0.15) is 0 Å². The fraction of sp³-hybridized carbons (Fsp3) is 0.364. The van der Waals surface area contributed by atoms with Gasteiger partial charge in [0.25, 0.3) is 0 Å². The molecule has 2 aromatic carbocycles. The van der Waals surface area contributed by atoms with E-state index >= 15 is 0 Å². The van der Waals surface area contributed by atoms with Crippen molar-refractivity contribution in [3.05, 3.63) is 64.6 Å². The zero-order valence-electron chi connectivity index (χ0n) is 17.7. The SMILES string of the molecule is CCOP(=O)(CCC(=O)[C@H](Cc1ccccc1)NC(=O)Nc1ccc(Br)cc1)OCC. The molecule has 2 N–H and O–H groups in total. The Morgan fingerprint density at radius 2 is 1.61 bits per heavy atom. The fourth-order valence-electron chi connectivity index (χ4n) is 2.93. The molecule has 0 aliphatic carbocycles. The summed E-state index contributed by atoms with van der Waals surface area (Å²) in [7, 11) is -3.34. The highest BCUT2D eigenvalue weighted by Crippen LogP contribution is 2.48. The van der Waals surface area contributed by atoms with E-state index in [1.54, 1.807) is 38.1 Å². The van der Waals surface area contributed by atoms with Crippen LogP contribution in [-0.4, -0.2) is 37.2 Å². The van der Waals surface area contributed by atoms with Crippen molar-refractivity contribution >= 4 is 41.0 Å². The summed E-state index contributed by atoms with van der Waals surface area (Å²) in [5.41, 5.74) is 1.51. The molecule has 0 unspecified atom stereocenters. The zero-order chi connectivity index (χ0) is 22.7. The normalized spacial score (nSPS) is 12.2. The number of amides is 2. The predicted molar refractivity (Wildman–Crippen MR) is 126 cm³/mol. The molecule has 1 atom stereocenters. The number of anilines is 1. The summed E-state index contributed by atoms with van der Waals surface area (Å²) in [6, 6.07) is 15.2. The standard InChI is InChI=1S/C22H28BrN2O5P/c1-3-29-31(28,30-4-2)15-14-21(26)20(16-17-8-6-5-7-9-17)25-22(27)24-19-12-10-18(23)11-13-19/h5-13,20H,3-4,14-16H2,1-2H3,(H2,24,25,27)/t20-/m0/s1. The Bertz CT molecular complexity index is 883. The highest BCUT2D eigenvalue weighted by atomic mass is 79.9. The number of carbonyl (C=O) groups excluding carboxylic acids is 2. The van der Waals surface area contributed by atoms with Gasteiger partial charge in [-0.3, -0.25) is 9.36 Å². The van der Waals surface area contributed by atoms with Crippen molar-refractivity contribution in [3.63, 3.8) is 0 Å². The lowest BCUT2D eigenvalue weighted by atomic mass is 10.0. The minimum Gasteiger partial charge on any atom is -0.328 e. The highest BCUT2D eigenvalue weighted by Gasteiger charge is 2.28. The number of nitrogens with one attached hydrogen (secondary N) is 2. The highest BCUT2D eigenvalue weighted by molar-refractivity contribution is 9.10. The van der Waals surface area contributed by atoms with Gasteiger partial charge >= 0.3 is 13.6 Å². The van der Waals surface area contributed by atoms with Crippen LogP contribution in [0.4, 0.5) is 10.5 Å². The maximum atomic E-state index is 13.0. The largest absolute Gasteiger partial charge is 0.331 e. The molecule has 2 aromatic rings. The predicted octanol–water partition coefficient (Wildman–Crippen LogP) is 5.41. The Balaban J connectivity index is 2.07. The van der Waals surface area contributed by atoms with Crippen LogP contribution in [0.1, 0.15) is 25.8 Å². The lowest BCUT2D eigenvalue weighted by molar-refractivity contribution is -0.120. The zero-order valence-corrected chi connectivity index (χ0v) is 20.2. The number of carbonyl (C=O) groups is 2. The summed E-state index contributed by atoms with van der Waals surface area (Å²) in [4.78, 5) is 25.5. The van der Waals surface area contributed by atoms with E-state index in [-0.39, 0.29) is 31.6 Å². The van der Waals surface area contributed by atoms with Crippen molar-refractivity contribution in [3.8, 4) is 0 Å². The van der Waals surface area contributed by atoms with E-state index < -0.39 is 19.7 Å². The summed E-state index contributed by atoms with van der Waals surface area (Å²) in [5, 5.41) is 5.47. The van der Waals surface area contributed by atoms with Crippen LogP contribution in [0.3, 0.4) is 0 Å². The molecular formula is C22H28BrN2O5P. The first kappa shape index (κ1) is 25.3. The van der Waals surface area contributed by atoms with E-state index in [2.05, 4.69) is 26.6 Å². The molecule has 2 amide bonds. The molecule has 0 aliphatic rings. The second kappa shape index (κ2) is 12.8. The molecule has 0 fully saturated rings. The van der Waals surface area contributed by atoms with Crippen LogP contribution in [-0.2, 0) is 24.8 Å². The fourth-order valence-corrected chi connectivity index (χ4v) is 4.81. The first-order valence-electron chi connectivity index (χ1n) is 10.1. The van der Waals surface area contributed by atoms with Gasteiger partial charge in [-0.1, -0.05) is 46.3 Å². The van der Waals surface area contributed by atoms with E-state index in [9.17, 15) is 14.2 Å². The molecule has 0 saturated carbocycles. The molecule has 9 heteroatoms. The number of ketones is 1. The molecule has 0 heterocycles. The quantitative estimate of drug-likeness (QED) is 0.372. The average Bonchev–Trinajstić information content (AvgIpc) is 2.74. The van der Waals surface area contributed by atoms with Crippen molar-refractivity contribution in [2.24, 2.45) is 0 Å². The number of hydrogen-bond acceptors (Lipinski definition) is 5. The van der Waals surface area contributed by atoms with Gasteiger partial charge in [-0.2, -0.15) is 0 Å². The Morgan fingerprint density at radius 3 is 2.19 bits per heavy atom. The van der Waals surface area contributed by atoms with Crippen LogP contribution >= 0.6 is 23.5 Å². The summed E-state index contributed by atoms with van der Waals surface area (Å²) in [6.45, 7) is 3.90. The van der Waals surface area contributed by atoms with Gasteiger partial charge in [0, 0.05) is 16.6 Å². The van der Waals surface area contributed by atoms with Gasteiger partial charge < -0.3 is 19.7 Å². The summed E-state index contributed by atoms with van der Waals surface area (Å²) in [6.07, 6.45) is 0.253. The van der Waals surface area contributed by atoms with Crippen molar-refractivity contribution in [1.82, 2.24) is 5.32 Å². The molecule has 0 saturated heterocycles. The summed E-state index contributed by atoms with van der Waals surface area (Å²) >= 11 is 3.35. The van der Waals surface area contributed by atoms with Crippen LogP contribution in [0.5, 0.6) is 0 Å². The van der Waals surface area contributed by atoms with Crippen molar-refractivity contribution in [2.45, 2.75) is 32.7 Å². The van der Waals surface area contributed by atoms with E-state index in [0.717, 1.165) is 10.0 Å². The smallest absolute Gasteiger partial charge is 0.328 e. The second-order valence-corrected chi connectivity index (χ2v) is 9.84. The number of urea groups is 1. The number of hydrogen-bond donors (Lipinski definition) is 2.